The van der Waals surface area contributed by atoms with E-state index in [0.29, 0.717) is 5.56 Å². The van der Waals surface area contributed by atoms with Crippen molar-refractivity contribution in [3.05, 3.63) is 29.8 Å². The van der Waals surface area contributed by atoms with Gasteiger partial charge >= 0.3 is 11.9 Å². The molecule has 2 atom stereocenters. The molecule has 1 aromatic rings. The Bertz CT molecular complexity index is 429. The van der Waals surface area contributed by atoms with E-state index in [1.807, 2.05) is 0 Å². The lowest BCUT2D eigenvalue weighted by atomic mass is 10.1. The summed E-state index contributed by atoms with van der Waals surface area (Å²) in [4.78, 5) is 21.7. The molecular formula is C12H15NO5. The average Bonchev–Trinajstić information content (AvgIpc) is 2.30. The van der Waals surface area contributed by atoms with Crippen molar-refractivity contribution in [3.8, 4) is 5.75 Å². The molecule has 6 nitrogen and oxygen atoms in total. The van der Waals surface area contributed by atoms with Gasteiger partial charge in [-0.3, -0.25) is 14.9 Å². The number of rotatable bonds is 6. The molecule has 0 heterocycles. The van der Waals surface area contributed by atoms with Crippen LogP contribution in [0.4, 0.5) is 0 Å². The van der Waals surface area contributed by atoms with Gasteiger partial charge in [-0.25, -0.2) is 0 Å². The fraction of sp³-hybridized carbons (Fsp3) is 0.333. The standard InChI is InChI=1S/C12H15NO5/c1-7(11(15)16)13-10(12(17)18)6-8-2-4-9(14)5-3-8/h2-5,7,10,13-14H,6H2,1H3,(H,15,16)(H,17,18). The lowest BCUT2D eigenvalue weighted by Crippen LogP contribution is -2.46. The van der Waals surface area contributed by atoms with Crippen molar-refractivity contribution in [2.75, 3.05) is 0 Å². The summed E-state index contributed by atoms with van der Waals surface area (Å²) in [5.74, 6) is -2.12. The van der Waals surface area contributed by atoms with Crippen molar-refractivity contribution < 1.29 is 24.9 Å². The minimum Gasteiger partial charge on any atom is -0.508 e. The third-order valence-corrected chi connectivity index (χ3v) is 2.50. The maximum atomic E-state index is 11.0. The highest BCUT2D eigenvalue weighted by molar-refractivity contribution is 5.77. The summed E-state index contributed by atoms with van der Waals surface area (Å²) in [6.07, 6.45) is 0.146. The Balaban J connectivity index is 2.71. The molecule has 1 rings (SSSR count). The normalized spacial score (nSPS) is 13.8. The highest BCUT2D eigenvalue weighted by Crippen LogP contribution is 2.11. The number of carboxylic acid groups (broad SMARTS) is 2. The van der Waals surface area contributed by atoms with Gasteiger partial charge in [0.25, 0.3) is 0 Å². The number of aliphatic carboxylic acids is 2. The van der Waals surface area contributed by atoms with Gasteiger partial charge in [0.2, 0.25) is 0 Å². The van der Waals surface area contributed by atoms with Gasteiger partial charge in [-0.2, -0.15) is 0 Å². The molecule has 0 aliphatic heterocycles. The van der Waals surface area contributed by atoms with Crippen LogP contribution in [0.15, 0.2) is 24.3 Å². The van der Waals surface area contributed by atoms with Crippen LogP contribution in [0, 0.1) is 0 Å². The highest BCUT2D eigenvalue weighted by Gasteiger charge is 2.22. The first kappa shape index (κ1) is 14.0. The van der Waals surface area contributed by atoms with E-state index in [9.17, 15) is 9.59 Å². The van der Waals surface area contributed by atoms with Crippen molar-refractivity contribution >= 4 is 11.9 Å². The molecule has 0 aliphatic carbocycles. The number of phenolic OH excluding ortho intramolecular Hbond substituents is 1. The Kier molecular flexibility index (Phi) is 4.67. The molecule has 18 heavy (non-hydrogen) atoms. The van der Waals surface area contributed by atoms with Crippen molar-refractivity contribution in [2.24, 2.45) is 0 Å². The van der Waals surface area contributed by atoms with Crippen LogP contribution in [0.5, 0.6) is 5.75 Å². The topological polar surface area (TPSA) is 107 Å². The number of nitrogens with one attached hydrogen (secondary N) is 1. The molecule has 4 N–H and O–H groups in total. The number of hydrogen-bond donors (Lipinski definition) is 4. The maximum absolute atomic E-state index is 11.0. The summed E-state index contributed by atoms with van der Waals surface area (Å²) in [7, 11) is 0. The second-order valence-electron chi connectivity index (χ2n) is 3.99. The molecule has 0 saturated heterocycles. The number of phenols is 1. The summed E-state index contributed by atoms with van der Waals surface area (Å²) >= 11 is 0. The monoisotopic (exact) mass is 253 g/mol. The summed E-state index contributed by atoms with van der Waals surface area (Å²) < 4.78 is 0. The molecule has 0 saturated carbocycles. The van der Waals surface area contributed by atoms with E-state index in [0.717, 1.165) is 0 Å². The molecule has 1 aromatic carbocycles. The molecule has 6 heteroatoms. The lowest BCUT2D eigenvalue weighted by Gasteiger charge is -2.17. The van der Waals surface area contributed by atoms with Gasteiger partial charge in [0.15, 0.2) is 0 Å². The first-order valence-electron chi connectivity index (χ1n) is 5.39. The van der Waals surface area contributed by atoms with E-state index < -0.39 is 24.0 Å². The first-order chi connectivity index (χ1) is 8.40. The molecule has 0 aliphatic rings. The molecule has 0 fully saturated rings. The van der Waals surface area contributed by atoms with Crippen molar-refractivity contribution in [1.82, 2.24) is 5.32 Å². The Labute approximate surface area is 104 Å². The summed E-state index contributed by atoms with van der Waals surface area (Å²) in [5, 5.41) is 29.4. The van der Waals surface area contributed by atoms with Crippen LogP contribution in [0.3, 0.4) is 0 Å². The maximum Gasteiger partial charge on any atom is 0.321 e. The third kappa shape index (κ3) is 4.06. The second-order valence-corrected chi connectivity index (χ2v) is 3.99. The van der Waals surface area contributed by atoms with Gasteiger partial charge in [-0.15, -0.1) is 0 Å². The second kappa shape index (κ2) is 6.02. The summed E-state index contributed by atoms with van der Waals surface area (Å²) in [6.45, 7) is 1.38. The van der Waals surface area contributed by atoms with Crippen LogP contribution in [0.1, 0.15) is 12.5 Å². The fourth-order valence-corrected chi connectivity index (χ4v) is 1.46. The average molecular weight is 253 g/mol. The predicted molar refractivity (Wildman–Crippen MR) is 63.5 cm³/mol. The number of benzene rings is 1. The fourth-order valence-electron chi connectivity index (χ4n) is 1.46. The lowest BCUT2D eigenvalue weighted by molar-refractivity contribution is -0.142. The van der Waals surface area contributed by atoms with Gasteiger partial charge < -0.3 is 15.3 Å². The molecule has 0 bridgehead atoms. The van der Waals surface area contributed by atoms with E-state index in [2.05, 4.69) is 5.32 Å². The molecule has 0 amide bonds. The van der Waals surface area contributed by atoms with Gasteiger partial charge in [-0.05, 0) is 31.0 Å². The van der Waals surface area contributed by atoms with Crippen molar-refractivity contribution in [1.29, 1.82) is 0 Å². The molecule has 2 unspecified atom stereocenters. The molecule has 98 valence electrons. The zero-order chi connectivity index (χ0) is 13.7. The Morgan fingerprint density at radius 2 is 1.72 bits per heavy atom. The van der Waals surface area contributed by atoms with E-state index in [1.165, 1.54) is 19.1 Å². The number of aromatic hydroxyl groups is 1. The SMILES string of the molecule is CC(NC(Cc1ccc(O)cc1)C(=O)O)C(=O)O. The van der Waals surface area contributed by atoms with Crippen LogP contribution in [0.25, 0.3) is 0 Å². The number of carbonyl (C=O) groups is 2. The summed E-state index contributed by atoms with van der Waals surface area (Å²) in [5.41, 5.74) is 0.699. The van der Waals surface area contributed by atoms with Gasteiger partial charge in [0.05, 0.1) is 0 Å². The van der Waals surface area contributed by atoms with Crippen molar-refractivity contribution in [3.63, 3.8) is 0 Å². The Hall–Kier alpha value is -2.08. The van der Waals surface area contributed by atoms with Crippen LogP contribution < -0.4 is 5.32 Å². The number of carboxylic acids is 2. The molecular weight excluding hydrogens is 238 g/mol. The highest BCUT2D eigenvalue weighted by atomic mass is 16.4. The smallest absolute Gasteiger partial charge is 0.321 e. The minimum atomic E-state index is -1.11. The zero-order valence-corrected chi connectivity index (χ0v) is 9.83. The molecule has 0 spiro atoms. The van der Waals surface area contributed by atoms with E-state index in [1.54, 1.807) is 12.1 Å². The number of hydrogen-bond acceptors (Lipinski definition) is 4. The van der Waals surface area contributed by atoms with E-state index in [-0.39, 0.29) is 12.2 Å². The van der Waals surface area contributed by atoms with Gasteiger partial charge in [0, 0.05) is 0 Å². The minimum absolute atomic E-state index is 0.0949. The van der Waals surface area contributed by atoms with E-state index >= 15 is 0 Å². The van der Waals surface area contributed by atoms with Crippen LogP contribution in [-0.2, 0) is 16.0 Å². The van der Waals surface area contributed by atoms with Gasteiger partial charge in [-0.1, -0.05) is 12.1 Å². The largest absolute Gasteiger partial charge is 0.508 e. The Morgan fingerprint density at radius 1 is 1.17 bits per heavy atom. The van der Waals surface area contributed by atoms with Crippen LogP contribution in [0.2, 0.25) is 0 Å². The quantitative estimate of drug-likeness (QED) is 0.586. The summed E-state index contributed by atoms with van der Waals surface area (Å²) in [6, 6.07) is 4.17. The van der Waals surface area contributed by atoms with Crippen LogP contribution >= 0.6 is 0 Å². The van der Waals surface area contributed by atoms with Crippen molar-refractivity contribution in [2.45, 2.75) is 25.4 Å². The van der Waals surface area contributed by atoms with Crippen LogP contribution in [-0.4, -0.2) is 39.3 Å². The molecule has 0 aromatic heterocycles. The Morgan fingerprint density at radius 3 is 2.17 bits per heavy atom. The zero-order valence-electron chi connectivity index (χ0n) is 9.83. The van der Waals surface area contributed by atoms with Gasteiger partial charge in [0.1, 0.15) is 17.8 Å². The first-order valence-corrected chi connectivity index (χ1v) is 5.39. The molecule has 0 radical (unpaired) electrons. The predicted octanol–water partition coefficient (Wildman–Crippen LogP) is 0.451. The van der Waals surface area contributed by atoms with E-state index in [4.69, 9.17) is 15.3 Å². The third-order valence-electron chi connectivity index (χ3n) is 2.50.